The molecule has 0 radical (unpaired) electrons. The normalized spacial score (nSPS) is 11.5. The van der Waals surface area contributed by atoms with Crippen molar-refractivity contribution in [1.29, 1.82) is 0 Å². The molecular weight excluding hydrogens is 528 g/mol. The summed E-state index contributed by atoms with van der Waals surface area (Å²) in [6.45, 7) is 0. The molecule has 172 valence electrons. The SMILES string of the molecule is Brc1ccc2c(c1)sc1cc(N(c3ccccc3)c3ccc(-c4nc5ccccc5o4)cc3)ccc12. The Morgan fingerprint density at radius 1 is 0.639 bits per heavy atom. The van der Waals surface area contributed by atoms with E-state index in [0.717, 1.165) is 38.2 Å². The molecule has 3 nitrogen and oxygen atoms in total. The molecule has 0 amide bonds. The zero-order valence-corrected chi connectivity index (χ0v) is 21.5. The molecule has 0 fully saturated rings. The maximum atomic E-state index is 5.98. The lowest BCUT2D eigenvalue weighted by atomic mass is 10.1. The lowest BCUT2D eigenvalue weighted by Gasteiger charge is -2.25. The molecule has 0 saturated carbocycles. The van der Waals surface area contributed by atoms with Crippen LogP contribution < -0.4 is 4.90 Å². The third kappa shape index (κ3) is 3.68. The van der Waals surface area contributed by atoms with E-state index in [1.807, 2.05) is 41.7 Å². The zero-order valence-electron chi connectivity index (χ0n) is 19.1. The van der Waals surface area contributed by atoms with E-state index in [0.29, 0.717) is 5.89 Å². The lowest BCUT2D eigenvalue weighted by Crippen LogP contribution is -2.09. The van der Waals surface area contributed by atoms with Gasteiger partial charge in [0.05, 0.1) is 0 Å². The smallest absolute Gasteiger partial charge is 0.227 e. The number of hydrogen-bond donors (Lipinski definition) is 0. The molecule has 0 spiro atoms. The summed E-state index contributed by atoms with van der Waals surface area (Å²) in [6.07, 6.45) is 0. The van der Waals surface area contributed by atoms with Crippen LogP contribution >= 0.6 is 27.3 Å². The Hall–Kier alpha value is -3.93. The van der Waals surface area contributed by atoms with Crippen LogP contribution in [0.5, 0.6) is 0 Å². The van der Waals surface area contributed by atoms with E-state index in [4.69, 9.17) is 4.42 Å². The lowest BCUT2D eigenvalue weighted by molar-refractivity contribution is 0.620. The molecule has 2 heterocycles. The van der Waals surface area contributed by atoms with E-state index >= 15 is 0 Å². The van der Waals surface area contributed by atoms with Gasteiger partial charge in [-0.2, -0.15) is 0 Å². The van der Waals surface area contributed by atoms with E-state index in [1.54, 1.807) is 0 Å². The molecule has 0 bridgehead atoms. The fourth-order valence-electron chi connectivity index (χ4n) is 4.65. The average Bonchev–Trinajstić information content (AvgIpc) is 3.50. The van der Waals surface area contributed by atoms with Gasteiger partial charge in [-0.25, -0.2) is 4.98 Å². The minimum atomic E-state index is 0.631. The third-order valence-corrected chi connectivity index (χ3v) is 7.97. The summed E-state index contributed by atoms with van der Waals surface area (Å²) in [4.78, 5) is 6.94. The van der Waals surface area contributed by atoms with Crippen LogP contribution in [-0.2, 0) is 0 Å². The standard InChI is InChI=1S/C31H19BrN2OS/c32-21-12-16-25-26-17-15-24(19-30(26)36-29(25)18-21)34(22-6-2-1-3-7-22)23-13-10-20(11-14-23)31-33-27-8-4-5-9-28(27)35-31/h1-19H. The maximum Gasteiger partial charge on any atom is 0.227 e. The molecule has 5 heteroatoms. The molecular formula is C31H19BrN2OS. The highest BCUT2D eigenvalue weighted by molar-refractivity contribution is 9.10. The van der Waals surface area contributed by atoms with Gasteiger partial charge in [0.25, 0.3) is 0 Å². The molecule has 36 heavy (non-hydrogen) atoms. The molecule has 2 aromatic heterocycles. The Balaban J connectivity index is 1.33. The Labute approximate surface area is 220 Å². The summed E-state index contributed by atoms with van der Waals surface area (Å²) in [5.74, 6) is 0.631. The monoisotopic (exact) mass is 546 g/mol. The van der Waals surface area contributed by atoms with Crippen molar-refractivity contribution in [2.75, 3.05) is 4.90 Å². The highest BCUT2D eigenvalue weighted by Gasteiger charge is 2.16. The number of anilines is 3. The number of nitrogens with zero attached hydrogens (tertiary/aromatic N) is 2. The molecule has 7 rings (SSSR count). The van der Waals surface area contributed by atoms with Gasteiger partial charge in [-0.15, -0.1) is 11.3 Å². The number of para-hydroxylation sites is 3. The fraction of sp³-hybridized carbons (Fsp3) is 0. The topological polar surface area (TPSA) is 29.3 Å². The van der Waals surface area contributed by atoms with Crippen molar-refractivity contribution in [1.82, 2.24) is 4.98 Å². The van der Waals surface area contributed by atoms with Gasteiger partial charge in [0.2, 0.25) is 5.89 Å². The van der Waals surface area contributed by atoms with Crippen molar-refractivity contribution in [2.24, 2.45) is 0 Å². The van der Waals surface area contributed by atoms with Gasteiger partial charge >= 0.3 is 0 Å². The highest BCUT2D eigenvalue weighted by atomic mass is 79.9. The molecule has 0 atom stereocenters. The predicted molar refractivity (Wildman–Crippen MR) is 155 cm³/mol. The number of rotatable bonds is 4. The van der Waals surface area contributed by atoms with Crippen LogP contribution in [0.4, 0.5) is 17.1 Å². The first kappa shape index (κ1) is 21.4. The van der Waals surface area contributed by atoms with E-state index in [-0.39, 0.29) is 0 Å². The van der Waals surface area contributed by atoms with Crippen molar-refractivity contribution in [3.63, 3.8) is 0 Å². The van der Waals surface area contributed by atoms with Crippen molar-refractivity contribution in [3.8, 4) is 11.5 Å². The minimum absolute atomic E-state index is 0.631. The van der Waals surface area contributed by atoms with Crippen LogP contribution in [0.1, 0.15) is 0 Å². The first-order valence-electron chi connectivity index (χ1n) is 11.7. The quantitative estimate of drug-likeness (QED) is 0.220. The van der Waals surface area contributed by atoms with Gasteiger partial charge in [-0.3, -0.25) is 0 Å². The van der Waals surface area contributed by atoms with Gasteiger partial charge in [0.1, 0.15) is 5.52 Å². The first-order valence-corrected chi connectivity index (χ1v) is 13.3. The number of thiophene rings is 1. The number of fused-ring (bicyclic) bond motifs is 4. The van der Waals surface area contributed by atoms with Crippen LogP contribution in [0, 0.1) is 0 Å². The number of halogens is 1. The molecule has 0 saturated heterocycles. The van der Waals surface area contributed by atoms with Crippen LogP contribution in [0.2, 0.25) is 0 Å². The van der Waals surface area contributed by atoms with Gasteiger partial charge in [0.15, 0.2) is 5.58 Å². The van der Waals surface area contributed by atoms with Crippen LogP contribution in [0.25, 0.3) is 42.7 Å². The van der Waals surface area contributed by atoms with E-state index < -0.39 is 0 Å². The molecule has 7 aromatic rings. The van der Waals surface area contributed by atoms with Gasteiger partial charge in [-0.05, 0) is 72.8 Å². The van der Waals surface area contributed by atoms with E-state index in [2.05, 4.69) is 111 Å². The number of benzene rings is 5. The Bertz CT molecular complexity index is 1820. The van der Waals surface area contributed by atoms with Crippen LogP contribution in [0.3, 0.4) is 0 Å². The van der Waals surface area contributed by atoms with Gasteiger partial charge < -0.3 is 9.32 Å². The summed E-state index contributed by atoms with van der Waals surface area (Å²) in [5.41, 5.74) is 5.92. The zero-order chi connectivity index (χ0) is 24.1. The first-order chi connectivity index (χ1) is 17.7. The van der Waals surface area contributed by atoms with Crippen LogP contribution in [-0.4, -0.2) is 4.98 Å². The summed E-state index contributed by atoms with van der Waals surface area (Å²) in [7, 11) is 0. The summed E-state index contributed by atoms with van der Waals surface area (Å²) < 4.78 is 9.64. The molecule has 0 unspecified atom stereocenters. The molecule has 0 aliphatic rings. The van der Waals surface area contributed by atoms with Gasteiger partial charge in [0, 0.05) is 47.3 Å². The second-order valence-electron chi connectivity index (χ2n) is 8.63. The second-order valence-corrected chi connectivity index (χ2v) is 10.6. The largest absolute Gasteiger partial charge is 0.436 e. The van der Waals surface area contributed by atoms with Crippen molar-refractivity contribution >= 4 is 75.6 Å². The number of aromatic nitrogens is 1. The number of oxazole rings is 1. The Morgan fingerprint density at radius 3 is 2.11 bits per heavy atom. The van der Waals surface area contributed by atoms with Crippen LogP contribution in [0.15, 0.2) is 124 Å². The Kier molecular flexibility index (Phi) is 5.12. The molecule has 5 aromatic carbocycles. The Morgan fingerprint density at radius 2 is 1.31 bits per heavy atom. The van der Waals surface area contributed by atoms with Gasteiger partial charge in [-0.1, -0.05) is 58.4 Å². The average molecular weight is 547 g/mol. The maximum absolute atomic E-state index is 5.98. The minimum Gasteiger partial charge on any atom is -0.436 e. The fourth-order valence-corrected chi connectivity index (χ4v) is 6.34. The summed E-state index contributed by atoms with van der Waals surface area (Å²) >= 11 is 5.43. The molecule has 0 aliphatic heterocycles. The van der Waals surface area contributed by atoms with E-state index in [1.165, 1.54) is 20.2 Å². The van der Waals surface area contributed by atoms with Crippen molar-refractivity contribution in [2.45, 2.75) is 0 Å². The molecule has 0 N–H and O–H groups in total. The summed E-state index contributed by atoms with van der Waals surface area (Å²) in [6, 6.07) is 40.0. The van der Waals surface area contributed by atoms with Crippen molar-refractivity contribution < 1.29 is 4.42 Å². The van der Waals surface area contributed by atoms with Crippen molar-refractivity contribution in [3.05, 3.63) is 120 Å². The highest BCUT2D eigenvalue weighted by Crippen LogP contribution is 2.41. The molecule has 0 aliphatic carbocycles. The number of hydrogen-bond acceptors (Lipinski definition) is 4. The second kappa shape index (κ2) is 8.63. The summed E-state index contributed by atoms with van der Waals surface area (Å²) in [5, 5.41) is 2.57. The van der Waals surface area contributed by atoms with E-state index in [9.17, 15) is 0 Å². The third-order valence-electron chi connectivity index (χ3n) is 6.36. The predicted octanol–water partition coefficient (Wildman–Crippen LogP) is 10.1.